The Kier molecular flexibility index (Phi) is 5.52. The third kappa shape index (κ3) is 4.20. The minimum Gasteiger partial charge on any atom is -0.378 e. The van der Waals surface area contributed by atoms with Crippen molar-refractivity contribution in [3.63, 3.8) is 0 Å². The largest absolute Gasteiger partial charge is 0.378 e. The van der Waals surface area contributed by atoms with Crippen LogP contribution in [0.2, 0.25) is 0 Å². The highest BCUT2D eigenvalue weighted by atomic mass is 16.2. The van der Waals surface area contributed by atoms with E-state index >= 15 is 0 Å². The normalized spacial score (nSPS) is 10.6. The first-order valence-corrected chi connectivity index (χ1v) is 9.60. The summed E-state index contributed by atoms with van der Waals surface area (Å²) in [4.78, 5) is 23.8. The van der Waals surface area contributed by atoms with Gasteiger partial charge in [0.2, 0.25) is 5.95 Å². The van der Waals surface area contributed by atoms with Gasteiger partial charge in [0, 0.05) is 38.1 Å². The summed E-state index contributed by atoms with van der Waals surface area (Å²) in [6.45, 7) is 0.510. The zero-order valence-electron chi connectivity index (χ0n) is 16.9. The van der Waals surface area contributed by atoms with Gasteiger partial charge in [-0.15, -0.1) is 5.10 Å². The van der Waals surface area contributed by atoms with E-state index < -0.39 is 0 Å². The quantitative estimate of drug-likeness (QED) is 0.534. The molecule has 0 atom stereocenters. The molecule has 4 rings (SSSR count). The molecule has 0 spiro atoms. The lowest BCUT2D eigenvalue weighted by Crippen LogP contribution is -2.18. The van der Waals surface area contributed by atoms with Crippen molar-refractivity contribution in [3.05, 3.63) is 90.3 Å². The van der Waals surface area contributed by atoms with E-state index in [1.54, 1.807) is 24.4 Å². The van der Waals surface area contributed by atoms with Crippen LogP contribution in [0.15, 0.2) is 79.0 Å². The molecule has 2 aromatic carbocycles. The second kappa shape index (κ2) is 8.57. The van der Waals surface area contributed by atoms with Crippen LogP contribution in [0.1, 0.15) is 16.1 Å². The van der Waals surface area contributed by atoms with E-state index in [0.29, 0.717) is 24.0 Å². The first-order chi connectivity index (χ1) is 14.6. The highest BCUT2D eigenvalue weighted by molar-refractivity contribution is 5.95. The average Bonchev–Trinajstić information content (AvgIpc) is 3.23. The molecule has 4 aromatic rings. The van der Waals surface area contributed by atoms with Crippen molar-refractivity contribution >= 4 is 17.5 Å². The highest BCUT2D eigenvalue weighted by Crippen LogP contribution is 2.19. The topological polar surface area (TPSA) is 75.9 Å². The van der Waals surface area contributed by atoms with Gasteiger partial charge in [0.25, 0.3) is 5.91 Å². The monoisotopic (exact) mass is 398 g/mol. The number of nitrogens with zero attached hydrogens (tertiary/aromatic N) is 5. The Bertz CT molecular complexity index is 1120. The summed E-state index contributed by atoms with van der Waals surface area (Å²) < 4.78 is 1.28. The molecule has 30 heavy (non-hydrogen) atoms. The summed E-state index contributed by atoms with van der Waals surface area (Å²) in [7, 11) is 4.01. The zero-order valence-corrected chi connectivity index (χ0v) is 16.9. The Morgan fingerprint density at radius 3 is 2.37 bits per heavy atom. The van der Waals surface area contributed by atoms with Crippen LogP contribution in [-0.4, -0.2) is 39.8 Å². The summed E-state index contributed by atoms with van der Waals surface area (Å²) in [5, 5.41) is 7.70. The molecule has 1 N–H and O–H groups in total. The van der Waals surface area contributed by atoms with Gasteiger partial charge in [-0.25, -0.2) is 0 Å². The molecular formula is C23H22N6O. The molecule has 0 aliphatic rings. The van der Waals surface area contributed by atoms with E-state index in [0.717, 1.165) is 16.8 Å². The second-order valence-corrected chi connectivity index (χ2v) is 6.97. The van der Waals surface area contributed by atoms with Crippen LogP contribution < -0.4 is 10.2 Å². The number of hydrogen-bond acceptors (Lipinski definition) is 6. The Morgan fingerprint density at radius 2 is 1.70 bits per heavy atom. The van der Waals surface area contributed by atoms with Crippen LogP contribution in [0.4, 0.5) is 11.6 Å². The Morgan fingerprint density at radius 1 is 0.967 bits per heavy atom. The molecule has 0 unspecified atom stereocenters. The van der Waals surface area contributed by atoms with E-state index in [1.807, 2.05) is 61.5 Å². The van der Waals surface area contributed by atoms with Crippen molar-refractivity contribution in [3.8, 4) is 11.4 Å². The van der Waals surface area contributed by atoms with Gasteiger partial charge in [-0.2, -0.15) is 9.67 Å². The lowest BCUT2D eigenvalue weighted by Gasteiger charge is -2.13. The number of pyridine rings is 1. The fraction of sp³-hybridized carbons (Fsp3) is 0.130. The molecule has 0 fully saturated rings. The van der Waals surface area contributed by atoms with Crippen molar-refractivity contribution < 1.29 is 4.79 Å². The first-order valence-electron chi connectivity index (χ1n) is 9.60. The van der Waals surface area contributed by atoms with Crippen LogP contribution in [0.25, 0.3) is 11.4 Å². The van der Waals surface area contributed by atoms with Crippen LogP contribution >= 0.6 is 0 Å². The number of benzene rings is 2. The zero-order chi connectivity index (χ0) is 20.9. The maximum absolute atomic E-state index is 13.0. The van der Waals surface area contributed by atoms with Gasteiger partial charge in [0.1, 0.15) is 5.69 Å². The van der Waals surface area contributed by atoms with Crippen molar-refractivity contribution in [2.24, 2.45) is 0 Å². The number of aromatic nitrogens is 4. The first kappa shape index (κ1) is 19.3. The minimum atomic E-state index is -0.337. The van der Waals surface area contributed by atoms with Gasteiger partial charge in [-0.05, 0) is 29.8 Å². The van der Waals surface area contributed by atoms with Crippen LogP contribution in [0.5, 0.6) is 0 Å². The summed E-state index contributed by atoms with van der Waals surface area (Å²) in [5.74, 6) is 0.516. The smallest absolute Gasteiger partial charge is 0.299 e. The second-order valence-electron chi connectivity index (χ2n) is 6.97. The number of carbonyl (C=O) groups excluding carboxylic acids is 1. The lowest BCUT2D eigenvalue weighted by atomic mass is 10.2. The van der Waals surface area contributed by atoms with E-state index in [2.05, 4.69) is 32.5 Å². The van der Waals surface area contributed by atoms with Crippen LogP contribution in [0.3, 0.4) is 0 Å². The third-order valence-corrected chi connectivity index (χ3v) is 4.62. The molecular weight excluding hydrogens is 376 g/mol. The fourth-order valence-electron chi connectivity index (χ4n) is 2.97. The maximum Gasteiger partial charge on any atom is 0.299 e. The number of carbonyl (C=O) groups is 1. The number of rotatable bonds is 6. The van der Waals surface area contributed by atoms with Crippen molar-refractivity contribution in [2.75, 3.05) is 24.3 Å². The summed E-state index contributed by atoms with van der Waals surface area (Å²) >= 11 is 0. The Labute approximate surface area is 175 Å². The number of nitrogens with one attached hydrogen (secondary N) is 1. The van der Waals surface area contributed by atoms with E-state index in [1.165, 1.54) is 4.68 Å². The summed E-state index contributed by atoms with van der Waals surface area (Å²) in [6.07, 6.45) is 1.58. The van der Waals surface area contributed by atoms with Gasteiger partial charge in [0.15, 0.2) is 5.82 Å². The SMILES string of the molecule is CN(C)c1ccc(CNc2nc(-c3ccccc3)nn2C(=O)c2ccccn2)cc1. The molecule has 2 aromatic heterocycles. The highest BCUT2D eigenvalue weighted by Gasteiger charge is 2.19. The minimum absolute atomic E-state index is 0.306. The molecule has 2 heterocycles. The van der Waals surface area contributed by atoms with E-state index in [-0.39, 0.29) is 5.91 Å². The molecule has 7 heteroatoms. The maximum atomic E-state index is 13.0. The third-order valence-electron chi connectivity index (χ3n) is 4.62. The Hall–Kier alpha value is -4.00. The molecule has 0 bridgehead atoms. The molecule has 150 valence electrons. The van der Waals surface area contributed by atoms with Crippen molar-refractivity contribution in [1.29, 1.82) is 0 Å². The van der Waals surface area contributed by atoms with Crippen molar-refractivity contribution in [1.82, 2.24) is 19.7 Å². The summed E-state index contributed by atoms with van der Waals surface area (Å²) in [6, 6.07) is 23.0. The molecule has 7 nitrogen and oxygen atoms in total. The summed E-state index contributed by atoms with van der Waals surface area (Å²) in [5.41, 5.74) is 3.34. The van der Waals surface area contributed by atoms with Gasteiger partial charge >= 0.3 is 0 Å². The van der Waals surface area contributed by atoms with Crippen LogP contribution in [-0.2, 0) is 6.54 Å². The Balaban J connectivity index is 1.63. The van der Waals surface area contributed by atoms with Gasteiger partial charge in [-0.3, -0.25) is 9.78 Å². The van der Waals surface area contributed by atoms with E-state index in [9.17, 15) is 4.79 Å². The van der Waals surface area contributed by atoms with Crippen LogP contribution in [0, 0.1) is 0 Å². The van der Waals surface area contributed by atoms with Gasteiger partial charge in [-0.1, -0.05) is 48.5 Å². The standard InChI is InChI=1S/C23H22N6O/c1-28(2)19-13-11-17(12-14-19)16-25-23-26-21(18-8-4-3-5-9-18)27-29(23)22(30)20-10-6-7-15-24-20/h3-15H,16H2,1-2H3,(H,25,26,27). The molecule has 0 amide bonds. The van der Waals surface area contributed by atoms with Gasteiger partial charge < -0.3 is 10.2 Å². The molecule has 0 saturated heterocycles. The predicted octanol–water partition coefficient (Wildman–Crippen LogP) is 3.71. The number of hydrogen-bond donors (Lipinski definition) is 1. The van der Waals surface area contributed by atoms with Gasteiger partial charge in [0.05, 0.1) is 0 Å². The fourth-order valence-corrected chi connectivity index (χ4v) is 2.97. The predicted molar refractivity (Wildman–Crippen MR) is 118 cm³/mol. The number of anilines is 2. The average molecular weight is 398 g/mol. The lowest BCUT2D eigenvalue weighted by molar-refractivity contribution is 0.0942. The molecule has 0 aliphatic heterocycles. The van der Waals surface area contributed by atoms with E-state index in [4.69, 9.17) is 0 Å². The van der Waals surface area contributed by atoms with Crippen molar-refractivity contribution in [2.45, 2.75) is 6.54 Å². The molecule has 0 aliphatic carbocycles. The molecule has 0 saturated carbocycles. The molecule has 0 radical (unpaired) electrons.